The molecule has 16 heavy (non-hydrogen) atoms. The van der Waals surface area contributed by atoms with E-state index >= 15 is 0 Å². The van der Waals surface area contributed by atoms with E-state index in [1.54, 1.807) is 0 Å². The summed E-state index contributed by atoms with van der Waals surface area (Å²) in [6.07, 6.45) is 2.88. The van der Waals surface area contributed by atoms with Crippen LogP contribution in [0.2, 0.25) is 0 Å². The van der Waals surface area contributed by atoms with Gasteiger partial charge in [-0.05, 0) is 12.0 Å². The number of hydrogen-bond acceptors (Lipinski definition) is 2. The third kappa shape index (κ3) is 3.35. The minimum atomic E-state index is -0.926. The summed E-state index contributed by atoms with van der Waals surface area (Å²) < 4.78 is 0. The molecule has 0 saturated heterocycles. The Morgan fingerprint density at radius 1 is 1.38 bits per heavy atom. The highest BCUT2D eigenvalue weighted by molar-refractivity contribution is 5.74. The van der Waals surface area contributed by atoms with Gasteiger partial charge in [0.15, 0.2) is 0 Å². The monoisotopic (exact) mass is 221 g/mol. The van der Waals surface area contributed by atoms with Gasteiger partial charge < -0.3 is 10.8 Å². The first kappa shape index (κ1) is 12.7. The zero-order chi connectivity index (χ0) is 12.0. The molecule has 0 spiro atoms. The van der Waals surface area contributed by atoms with Gasteiger partial charge in [-0.1, -0.05) is 50.1 Å². The molecule has 1 rings (SSSR count). The van der Waals surface area contributed by atoms with Crippen molar-refractivity contribution < 1.29 is 9.90 Å². The van der Waals surface area contributed by atoms with Gasteiger partial charge >= 0.3 is 5.97 Å². The van der Waals surface area contributed by atoms with Crippen LogP contribution >= 0.6 is 0 Å². The van der Waals surface area contributed by atoms with E-state index in [4.69, 9.17) is 10.8 Å². The van der Waals surface area contributed by atoms with E-state index in [9.17, 15) is 4.79 Å². The van der Waals surface area contributed by atoms with Crippen LogP contribution in [0.5, 0.6) is 0 Å². The fraction of sp³-hybridized carbons (Fsp3) is 0.462. The second-order valence-electron chi connectivity index (χ2n) is 4.02. The van der Waals surface area contributed by atoms with E-state index in [1.807, 2.05) is 30.3 Å². The number of rotatable bonds is 6. The lowest BCUT2D eigenvalue weighted by Gasteiger charge is -2.21. The normalized spacial score (nSPS) is 14.4. The van der Waals surface area contributed by atoms with Crippen molar-refractivity contribution >= 4 is 5.97 Å². The van der Waals surface area contributed by atoms with Gasteiger partial charge in [-0.15, -0.1) is 0 Å². The van der Waals surface area contributed by atoms with E-state index in [1.165, 1.54) is 0 Å². The van der Waals surface area contributed by atoms with Gasteiger partial charge in [0.05, 0.1) is 0 Å². The predicted molar refractivity (Wildman–Crippen MR) is 64.3 cm³/mol. The molecule has 0 aromatic heterocycles. The lowest BCUT2D eigenvalue weighted by atomic mass is 9.87. The first-order chi connectivity index (χ1) is 7.66. The van der Waals surface area contributed by atoms with Gasteiger partial charge in [-0.2, -0.15) is 0 Å². The summed E-state index contributed by atoms with van der Waals surface area (Å²) in [5.41, 5.74) is 6.75. The van der Waals surface area contributed by atoms with Crippen molar-refractivity contribution in [1.82, 2.24) is 0 Å². The lowest BCUT2D eigenvalue weighted by molar-refractivity contribution is -0.139. The molecule has 3 heteroatoms. The van der Waals surface area contributed by atoms with Crippen LogP contribution in [0.15, 0.2) is 30.3 Å². The summed E-state index contributed by atoms with van der Waals surface area (Å²) in [5.74, 6) is -1.01. The van der Waals surface area contributed by atoms with Gasteiger partial charge in [-0.3, -0.25) is 4.79 Å². The van der Waals surface area contributed by atoms with Gasteiger partial charge in [0.25, 0.3) is 0 Å². The first-order valence-electron chi connectivity index (χ1n) is 5.70. The van der Waals surface area contributed by atoms with E-state index in [0.717, 1.165) is 24.8 Å². The standard InChI is InChI=1S/C13H19NO2/c1-2-3-9-11(12(14)13(15)16)10-7-5-4-6-8-10/h4-8,11-12H,2-3,9,14H2,1H3,(H,15,16). The molecule has 0 fully saturated rings. The lowest BCUT2D eigenvalue weighted by Crippen LogP contribution is -2.36. The summed E-state index contributed by atoms with van der Waals surface area (Å²) in [7, 11) is 0. The third-order valence-electron chi connectivity index (χ3n) is 2.82. The van der Waals surface area contributed by atoms with Crippen LogP contribution in [0.25, 0.3) is 0 Å². The fourth-order valence-corrected chi connectivity index (χ4v) is 1.85. The molecule has 0 aliphatic rings. The molecule has 88 valence electrons. The Kier molecular flexibility index (Phi) is 4.99. The highest BCUT2D eigenvalue weighted by atomic mass is 16.4. The number of carbonyl (C=O) groups is 1. The average molecular weight is 221 g/mol. The maximum absolute atomic E-state index is 11.0. The van der Waals surface area contributed by atoms with E-state index in [0.29, 0.717) is 0 Å². The molecular formula is C13H19NO2. The van der Waals surface area contributed by atoms with Crippen molar-refractivity contribution in [3.05, 3.63) is 35.9 Å². The second kappa shape index (κ2) is 6.28. The number of aliphatic carboxylic acids is 1. The van der Waals surface area contributed by atoms with Crippen LogP contribution in [0.1, 0.15) is 37.7 Å². The zero-order valence-corrected chi connectivity index (χ0v) is 9.60. The molecule has 1 aromatic rings. The maximum atomic E-state index is 11.0. The Morgan fingerprint density at radius 2 is 2.00 bits per heavy atom. The van der Waals surface area contributed by atoms with Gasteiger partial charge in [-0.25, -0.2) is 0 Å². The smallest absolute Gasteiger partial charge is 0.321 e. The summed E-state index contributed by atoms with van der Waals surface area (Å²) in [5, 5.41) is 8.99. The molecule has 0 radical (unpaired) electrons. The Hall–Kier alpha value is -1.35. The SMILES string of the molecule is CCCCC(c1ccccc1)C(N)C(=O)O. The number of benzene rings is 1. The highest BCUT2D eigenvalue weighted by Crippen LogP contribution is 2.24. The highest BCUT2D eigenvalue weighted by Gasteiger charge is 2.24. The third-order valence-corrected chi connectivity index (χ3v) is 2.82. The van der Waals surface area contributed by atoms with Crippen LogP contribution in [0.4, 0.5) is 0 Å². The Labute approximate surface area is 96.3 Å². The topological polar surface area (TPSA) is 63.3 Å². The van der Waals surface area contributed by atoms with E-state index in [2.05, 4.69) is 6.92 Å². The second-order valence-corrected chi connectivity index (χ2v) is 4.02. The fourth-order valence-electron chi connectivity index (χ4n) is 1.85. The molecule has 2 atom stereocenters. The molecule has 3 nitrogen and oxygen atoms in total. The minimum absolute atomic E-state index is 0.0846. The van der Waals surface area contributed by atoms with Crippen LogP contribution in [-0.2, 0) is 4.79 Å². The summed E-state index contributed by atoms with van der Waals surface area (Å²) >= 11 is 0. The molecule has 0 saturated carbocycles. The summed E-state index contributed by atoms with van der Waals surface area (Å²) in [4.78, 5) is 11.0. The number of unbranched alkanes of at least 4 members (excludes halogenated alkanes) is 1. The number of carboxylic acids is 1. The van der Waals surface area contributed by atoms with Crippen molar-refractivity contribution in [2.24, 2.45) is 5.73 Å². The molecule has 3 N–H and O–H groups in total. The van der Waals surface area contributed by atoms with E-state index in [-0.39, 0.29) is 5.92 Å². The zero-order valence-electron chi connectivity index (χ0n) is 9.60. The van der Waals surface area contributed by atoms with Gasteiger partial charge in [0.2, 0.25) is 0 Å². The van der Waals surface area contributed by atoms with Crippen molar-refractivity contribution in [3.63, 3.8) is 0 Å². The van der Waals surface area contributed by atoms with Crippen LogP contribution in [-0.4, -0.2) is 17.1 Å². The Morgan fingerprint density at radius 3 is 2.50 bits per heavy atom. The summed E-state index contributed by atoms with van der Waals surface area (Å²) in [6, 6.07) is 8.85. The Bertz CT molecular complexity index is 324. The largest absolute Gasteiger partial charge is 0.480 e. The van der Waals surface area contributed by atoms with Crippen LogP contribution in [0, 0.1) is 0 Å². The quantitative estimate of drug-likeness (QED) is 0.775. The average Bonchev–Trinajstić information content (AvgIpc) is 2.30. The van der Waals surface area contributed by atoms with E-state index < -0.39 is 12.0 Å². The molecule has 2 unspecified atom stereocenters. The van der Waals surface area contributed by atoms with Crippen molar-refractivity contribution in [1.29, 1.82) is 0 Å². The number of nitrogens with two attached hydrogens (primary N) is 1. The minimum Gasteiger partial charge on any atom is -0.480 e. The molecular weight excluding hydrogens is 202 g/mol. The molecule has 0 heterocycles. The number of hydrogen-bond donors (Lipinski definition) is 2. The van der Waals surface area contributed by atoms with Gasteiger partial charge in [0, 0.05) is 5.92 Å². The predicted octanol–water partition coefficient (Wildman–Crippen LogP) is 2.37. The van der Waals surface area contributed by atoms with Crippen molar-refractivity contribution in [3.8, 4) is 0 Å². The maximum Gasteiger partial charge on any atom is 0.321 e. The first-order valence-corrected chi connectivity index (χ1v) is 5.70. The molecule has 0 aliphatic heterocycles. The molecule has 1 aromatic carbocycles. The van der Waals surface area contributed by atoms with Crippen LogP contribution in [0.3, 0.4) is 0 Å². The van der Waals surface area contributed by atoms with Crippen LogP contribution < -0.4 is 5.73 Å². The van der Waals surface area contributed by atoms with Crippen molar-refractivity contribution in [2.75, 3.05) is 0 Å². The molecule has 0 aliphatic carbocycles. The van der Waals surface area contributed by atoms with Crippen molar-refractivity contribution in [2.45, 2.75) is 38.1 Å². The van der Waals surface area contributed by atoms with Gasteiger partial charge in [0.1, 0.15) is 6.04 Å². The molecule has 0 bridgehead atoms. The summed E-state index contributed by atoms with van der Waals surface area (Å²) in [6.45, 7) is 2.09. The Balaban J connectivity index is 2.83. The molecule has 0 amide bonds. The number of carboxylic acid groups (broad SMARTS) is 1.